The van der Waals surface area contributed by atoms with Crippen LogP contribution in [0.1, 0.15) is 44.0 Å². The molecule has 0 radical (unpaired) electrons. The van der Waals surface area contributed by atoms with Gasteiger partial charge in [-0.15, -0.1) is 0 Å². The Hall–Kier alpha value is -2.04. The molecule has 1 saturated heterocycles. The molecule has 1 aromatic rings. The molecule has 0 aromatic heterocycles. The summed E-state index contributed by atoms with van der Waals surface area (Å²) in [7, 11) is 1.59. The summed E-state index contributed by atoms with van der Waals surface area (Å²) in [6.45, 7) is 7.04. The van der Waals surface area contributed by atoms with E-state index in [0.29, 0.717) is 24.4 Å². The Morgan fingerprint density at radius 3 is 2.43 bits per heavy atom. The molecular formula is C18H26N2O3. The molecule has 0 atom stereocenters. The zero-order valence-electron chi connectivity index (χ0n) is 14.4. The van der Waals surface area contributed by atoms with Crippen molar-refractivity contribution in [3.63, 3.8) is 0 Å². The van der Waals surface area contributed by atoms with Crippen LogP contribution in [-0.4, -0.2) is 43.0 Å². The number of hydrogen-bond donors (Lipinski definition) is 1. The number of nitrogens with zero attached hydrogens (tertiary/aromatic N) is 1. The minimum atomic E-state index is -0.381. The molecule has 0 bridgehead atoms. The van der Waals surface area contributed by atoms with Crippen molar-refractivity contribution in [1.29, 1.82) is 0 Å². The molecule has 1 aliphatic rings. The molecule has 0 aliphatic carbocycles. The highest BCUT2D eigenvalue weighted by atomic mass is 16.5. The molecule has 1 heterocycles. The van der Waals surface area contributed by atoms with Gasteiger partial charge >= 0.3 is 0 Å². The highest BCUT2D eigenvalue weighted by Gasteiger charge is 2.28. The second kappa shape index (κ2) is 7.02. The normalized spacial score (nSPS) is 16.1. The number of carbonyl (C=O) groups is 2. The summed E-state index contributed by atoms with van der Waals surface area (Å²) in [5, 5.41) is 3.08. The average molecular weight is 318 g/mol. The number of likely N-dealkylation sites (tertiary alicyclic amines) is 1. The van der Waals surface area contributed by atoms with Crippen LogP contribution in [0.2, 0.25) is 0 Å². The van der Waals surface area contributed by atoms with E-state index in [9.17, 15) is 9.59 Å². The number of methoxy groups -OCH3 is 1. The fraction of sp³-hybridized carbons (Fsp3) is 0.556. The van der Waals surface area contributed by atoms with Crippen molar-refractivity contribution in [1.82, 2.24) is 10.2 Å². The van der Waals surface area contributed by atoms with Crippen molar-refractivity contribution in [2.75, 3.05) is 20.2 Å². The smallest absolute Gasteiger partial charge is 0.253 e. The van der Waals surface area contributed by atoms with Gasteiger partial charge in [-0.25, -0.2) is 0 Å². The van der Waals surface area contributed by atoms with Gasteiger partial charge in [0.25, 0.3) is 5.91 Å². The Labute approximate surface area is 138 Å². The monoisotopic (exact) mass is 318 g/mol. The van der Waals surface area contributed by atoms with E-state index in [-0.39, 0.29) is 23.3 Å². The van der Waals surface area contributed by atoms with Gasteiger partial charge in [-0.05, 0) is 31.0 Å². The SMILES string of the molecule is COc1cccc(C(=O)N2CCC(NC(=O)C(C)(C)C)CC2)c1. The Kier molecular flexibility index (Phi) is 5.29. The zero-order chi connectivity index (χ0) is 17.0. The van der Waals surface area contributed by atoms with Crippen LogP contribution < -0.4 is 10.1 Å². The molecule has 2 amide bonds. The van der Waals surface area contributed by atoms with Crippen LogP contribution in [-0.2, 0) is 4.79 Å². The van der Waals surface area contributed by atoms with Gasteiger partial charge in [0.15, 0.2) is 0 Å². The molecule has 1 N–H and O–H groups in total. The molecule has 23 heavy (non-hydrogen) atoms. The number of ether oxygens (including phenoxy) is 1. The van der Waals surface area contributed by atoms with E-state index >= 15 is 0 Å². The molecule has 5 heteroatoms. The molecule has 0 unspecified atom stereocenters. The van der Waals surface area contributed by atoms with Gasteiger partial charge in [-0.3, -0.25) is 9.59 Å². The average Bonchev–Trinajstić information content (AvgIpc) is 2.54. The quantitative estimate of drug-likeness (QED) is 0.931. The Morgan fingerprint density at radius 2 is 1.87 bits per heavy atom. The van der Waals surface area contributed by atoms with Gasteiger partial charge in [0.05, 0.1) is 7.11 Å². The maximum atomic E-state index is 12.5. The van der Waals surface area contributed by atoms with Gasteiger partial charge in [-0.2, -0.15) is 0 Å². The van der Waals surface area contributed by atoms with Crippen molar-refractivity contribution < 1.29 is 14.3 Å². The van der Waals surface area contributed by atoms with Crippen LogP contribution in [0.25, 0.3) is 0 Å². The van der Waals surface area contributed by atoms with E-state index in [2.05, 4.69) is 5.32 Å². The molecule has 2 rings (SSSR count). The largest absolute Gasteiger partial charge is 0.497 e. The van der Waals surface area contributed by atoms with Crippen molar-refractivity contribution in [2.24, 2.45) is 5.41 Å². The lowest BCUT2D eigenvalue weighted by molar-refractivity contribution is -0.129. The Morgan fingerprint density at radius 1 is 1.22 bits per heavy atom. The summed E-state index contributed by atoms with van der Waals surface area (Å²) in [5.41, 5.74) is 0.259. The number of piperidine rings is 1. The summed E-state index contributed by atoms with van der Waals surface area (Å²) in [6.07, 6.45) is 1.58. The summed E-state index contributed by atoms with van der Waals surface area (Å²) in [5.74, 6) is 0.766. The van der Waals surface area contributed by atoms with Gasteiger partial charge in [0.2, 0.25) is 5.91 Å². The minimum absolute atomic E-state index is 0.0181. The maximum absolute atomic E-state index is 12.5. The third kappa shape index (κ3) is 4.47. The van der Waals surface area contributed by atoms with Crippen LogP contribution in [0.5, 0.6) is 5.75 Å². The molecule has 0 saturated carbocycles. The first-order valence-corrected chi connectivity index (χ1v) is 8.05. The fourth-order valence-corrected chi connectivity index (χ4v) is 2.57. The van der Waals surface area contributed by atoms with Crippen molar-refractivity contribution in [3.05, 3.63) is 29.8 Å². The summed E-state index contributed by atoms with van der Waals surface area (Å²) >= 11 is 0. The number of nitrogens with one attached hydrogen (secondary N) is 1. The molecular weight excluding hydrogens is 292 g/mol. The second-order valence-corrected chi connectivity index (χ2v) is 7.02. The molecule has 1 aliphatic heterocycles. The van der Waals surface area contributed by atoms with Crippen LogP contribution >= 0.6 is 0 Å². The first kappa shape index (κ1) is 17.3. The molecule has 1 aromatic carbocycles. The van der Waals surface area contributed by atoms with E-state index in [1.807, 2.05) is 37.8 Å². The Balaban J connectivity index is 1.91. The van der Waals surface area contributed by atoms with Gasteiger partial charge in [-0.1, -0.05) is 26.8 Å². The maximum Gasteiger partial charge on any atom is 0.253 e. The highest BCUT2D eigenvalue weighted by Crippen LogP contribution is 2.19. The van der Waals surface area contributed by atoms with Gasteiger partial charge in [0, 0.05) is 30.1 Å². The summed E-state index contributed by atoms with van der Waals surface area (Å²) < 4.78 is 5.17. The number of hydrogen-bond acceptors (Lipinski definition) is 3. The number of benzene rings is 1. The highest BCUT2D eigenvalue weighted by molar-refractivity contribution is 5.94. The second-order valence-electron chi connectivity index (χ2n) is 7.02. The van der Waals surface area contributed by atoms with Gasteiger partial charge in [0.1, 0.15) is 5.75 Å². The van der Waals surface area contributed by atoms with Crippen molar-refractivity contribution in [2.45, 2.75) is 39.7 Å². The zero-order valence-corrected chi connectivity index (χ0v) is 14.4. The van der Waals surface area contributed by atoms with E-state index < -0.39 is 0 Å². The summed E-state index contributed by atoms with van der Waals surface area (Å²) in [4.78, 5) is 26.4. The first-order valence-electron chi connectivity index (χ1n) is 8.05. The topological polar surface area (TPSA) is 58.6 Å². The van der Waals surface area contributed by atoms with Crippen LogP contribution in [0.15, 0.2) is 24.3 Å². The standard InChI is InChI=1S/C18H26N2O3/c1-18(2,3)17(22)19-14-8-10-20(11-9-14)16(21)13-6-5-7-15(12-13)23-4/h5-7,12,14H,8-11H2,1-4H3,(H,19,22). The molecule has 5 nitrogen and oxygen atoms in total. The van der Waals surface area contributed by atoms with Crippen LogP contribution in [0.4, 0.5) is 0 Å². The number of amides is 2. The fourth-order valence-electron chi connectivity index (χ4n) is 2.57. The van der Waals surface area contributed by atoms with Crippen molar-refractivity contribution >= 4 is 11.8 Å². The van der Waals surface area contributed by atoms with Crippen LogP contribution in [0, 0.1) is 5.41 Å². The lowest BCUT2D eigenvalue weighted by Gasteiger charge is -2.33. The number of carbonyl (C=O) groups excluding carboxylic acids is 2. The molecule has 0 spiro atoms. The van der Waals surface area contributed by atoms with Crippen LogP contribution in [0.3, 0.4) is 0 Å². The van der Waals surface area contributed by atoms with E-state index in [0.717, 1.165) is 12.8 Å². The van der Waals surface area contributed by atoms with Gasteiger partial charge < -0.3 is 15.0 Å². The predicted molar refractivity (Wildman–Crippen MR) is 89.5 cm³/mol. The molecule has 126 valence electrons. The molecule has 1 fully saturated rings. The summed E-state index contributed by atoms with van der Waals surface area (Å²) in [6, 6.07) is 7.36. The lowest BCUT2D eigenvalue weighted by Crippen LogP contribution is -2.49. The van der Waals surface area contributed by atoms with Crippen molar-refractivity contribution in [3.8, 4) is 5.75 Å². The lowest BCUT2D eigenvalue weighted by atomic mass is 9.94. The Bertz CT molecular complexity index is 570. The van der Waals surface area contributed by atoms with E-state index in [1.54, 1.807) is 19.2 Å². The van der Waals surface area contributed by atoms with E-state index in [4.69, 9.17) is 4.74 Å². The number of rotatable bonds is 3. The van der Waals surface area contributed by atoms with E-state index in [1.165, 1.54) is 0 Å². The third-order valence-corrected chi connectivity index (χ3v) is 4.12. The predicted octanol–water partition coefficient (Wildman–Crippen LogP) is 2.46. The first-order chi connectivity index (χ1) is 10.8. The minimum Gasteiger partial charge on any atom is -0.497 e. The third-order valence-electron chi connectivity index (χ3n) is 4.12.